The maximum absolute atomic E-state index is 10.9. The monoisotopic (exact) mass is 251 g/mol. The maximum atomic E-state index is 10.9. The summed E-state index contributed by atoms with van der Waals surface area (Å²) in [5.74, 6) is 0.432. The average molecular weight is 251 g/mol. The van der Waals surface area contributed by atoms with Crippen molar-refractivity contribution in [2.45, 2.75) is 20.0 Å². The normalized spacial score (nSPS) is 10.6. The molecule has 0 fully saturated rings. The fraction of sp³-hybridized carbons (Fsp3) is 0.273. The largest absolute Gasteiger partial charge is 0.448 e. The Balaban J connectivity index is 1.86. The van der Waals surface area contributed by atoms with Gasteiger partial charge in [-0.05, 0) is 13.0 Å². The van der Waals surface area contributed by atoms with Gasteiger partial charge in [-0.25, -0.2) is 4.98 Å². The highest BCUT2D eigenvalue weighted by atomic mass is 32.1. The Hall–Kier alpha value is -1.66. The van der Waals surface area contributed by atoms with Crippen molar-refractivity contribution in [3.8, 4) is 0 Å². The number of hydrogen-bond donors (Lipinski definition) is 2. The number of oxazole rings is 1. The summed E-state index contributed by atoms with van der Waals surface area (Å²) >= 11 is 1.51. The van der Waals surface area contributed by atoms with Gasteiger partial charge in [-0.2, -0.15) is 0 Å². The summed E-state index contributed by atoms with van der Waals surface area (Å²) in [5, 5.41) is 5.00. The number of primary amides is 1. The number of rotatable bonds is 5. The number of nitrogens with one attached hydrogen (secondary N) is 1. The highest BCUT2D eigenvalue weighted by Gasteiger charge is 2.05. The van der Waals surface area contributed by atoms with Gasteiger partial charge in [0.1, 0.15) is 5.76 Å². The number of thiophene rings is 1. The number of carbonyl (C=O) groups excluding carboxylic acids is 1. The second-order valence-corrected chi connectivity index (χ2v) is 4.62. The zero-order valence-electron chi connectivity index (χ0n) is 9.40. The molecule has 0 saturated carbocycles. The predicted octanol–water partition coefficient (Wildman–Crippen LogP) is 1.43. The quantitative estimate of drug-likeness (QED) is 0.842. The molecule has 0 aliphatic carbocycles. The van der Waals surface area contributed by atoms with Crippen LogP contribution < -0.4 is 11.1 Å². The van der Waals surface area contributed by atoms with Gasteiger partial charge in [-0.1, -0.05) is 0 Å². The van der Waals surface area contributed by atoms with E-state index in [0.29, 0.717) is 18.7 Å². The third-order valence-corrected chi connectivity index (χ3v) is 3.31. The minimum absolute atomic E-state index is 0.389. The van der Waals surface area contributed by atoms with E-state index in [1.165, 1.54) is 17.7 Å². The van der Waals surface area contributed by atoms with Crippen LogP contribution in [-0.2, 0) is 13.1 Å². The number of nitrogens with two attached hydrogens (primary N) is 1. The highest BCUT2D eigenvalue weighted by Crippen LogP contribution is 2.14. The molecular formula is C11H13N3O2S. The minimum atomic E-state index is -0.389. The molecule has 0 radical (unpaired) electrons. The van der Waals surface area contributed by atoms with Gasteiger partial charge in [0.05, 0.1) is 11.3 Å². The van der Waals surface area contributed by atoms with E-state index in [4.69, 9.17) is 10.2 Å². The molecule has 17 heavy (non-hydrogen) atoms. The van der Waals surface area contributed by atoms with E-state index in [0.717, 1.165) is 16.3 Å². The molecule has 0 aromatic carbocycles. The Labute approximate surface area is 103 Å². The summed E-state index contributed by atoms with van der Waals surface area (Å²) < 4.78 is 5.09. The third kappa shape index (κ3) is 2.92. The molecule has 6 heteroatoms. The Morgan fingerprint density at radius 1 is 1.59 bits per heavy atom. The minimum Gasteiger partial charge on any atom is -0.448 e. The Bertz CT molecular complexity index is 518. The third-order valence-electron chi connectivity index (χ3n) is 2.37. The van der Waals surface area contributed by atoms with Crippen LogP contribution in [0.4, 0.5) is 0 Å². The molecule has 0 unspecified atom stereocenters. The van der Waals surface area contributed by atoms with Crippen molar-refractivity contribution in [2.24, 2.45) is 5.73 Å². The molecule has 2 aromatic heterocycles. The lowest BCUT2D eigenvalue weighted by Crippen LogP contribution is -2.13. The molecule has 0 aliphatic heterocycles. The van der Waals surface area contributed by atoms with Crippen LogP contribution in [0.5, 0.6) is 0 Å². The maximum Gasteiger partial charge on any atom is 0.249 e. The first kappa shape index (κ1) is 11.8. The molecule has 1 amide bonds. The smallest absolute Gasteiger partial charge is 0.249 e. The number of nitrogens with zero attached hydrogens (tertiary/aromatic N) is 1. The van der Waals surface area contributed by atoms with Crippen molar-refractivity contribution in [3.63, 3.8) is 0 Å². The number of aryl methyl sites for hydroxylation is 1. The van der Waals surface area contributed by atoms with Gasteiger partial charge >= 0.3 is 0 Å². The van der Waals surface area contributed by atoms with Crippen LogP contribution in [0.15, 0.2) is 22.3 Å². The Morgan fingerprint density at radius 2 is 2.41 bits per heavy atom. The fourth-order valence-corrected chi connectivity index (χ4v) is 2.25. The SMILES string of the molecule is Cc1ocnc1CNCc1cc(C(N)=O)cs1. The number of amides is 1. The first-order valence-corrected chi connectivity index (χ1v) is 6.01. The van der Waals surface area contributed by atoms with Gasteiger partial charge in [0, 0.05) is 23.3 Å². The van der Waals surface area contributed by atoms with Crippen LogP contribution in [0.25, 0.3) is 0 Å². The molecule has 0 bridgehead atoms. The van der Waals surface area contributed by atoms with Crippen LogP contribution in [0.3, 0.4) is 0 Å². The molecule has 2 heterocycles. The van der Waals surface area contributed by atoms with Crippen molar-refractivity contribution in [1.29, 1.82) is 0 Å². The van der Waals surface area contributed by atoms with Crippen molar-refractivity contribution in [3.05, 3.63) is 39.7 Å². The van der Waals surface area contributed by atoms with E-state index in [9.17, 15) is 4.79 Å². The molecule has 90 valence electrons. The van der Waals surface area contributed by atoms with Gasteiger partial charge in [-0.15, -0.1) is 11.3 Å². The molecule has 0 saturated heterocycles. The first-order valence-electron chi connectivity index (χ1n) is 5.13. The van der Waals surface area contributed by atoms with Gasteiger partial charge in [-0.3, -0.25) is 4.79 Å². The summed E-state index contributed by atoms with van der Waals surface area (Å²) in [6, 6.07) is 1.80. The van der Waals surface area contributed by atoms with Crippen LogP contribution in [0.2, 0.25) is 0 Å². The number of hydrogen-bond acceptors (Lipinski definition) is 5. The van der Waals surface area contributed by atoms with Crippen LogP contribution in [0, 0.1) is 6.92 Å². The molecule has 5 nitrogen and oxygen atoms in total. The lowest BCUT2D eigenvalue weighted by atomic mass is 10.3. The molecule has 2 aromatic rings. The number of aromatic nitrogens is 1. The standard InChI is InChI=1S/C11H13N3O2S/c1-7-10(14-6-16-7)4-13-3-9-2-8(5-17-9)11(12)15/h2,5-6,13H,3-4H2,1H3,(H2,12,15). The van der Waals surface area contributed by atoms with Gasteiger partial charge in [0.2, 0.25) is 5.91 Å². The van der Waals surface area contributed by atoms with E-state index in [2.05, 4.69) is 10.3 Å². The topological polar surface area (TPSA) is 81.2 Å². The van der Waals surface area contributed by atoms with Crippen molar-refractivity contribution >= 4 is 17.2 Å². The average Bonchev–Trinajstić information content (AvgIpc) is 2.89. The second-order valence-electron chi connectivity index (χ2n) is 3.62. The van der Waals surface area contributed by atoms with Crippen molar-refractivity contribution < 1.29 is 9.21 Å². The summed E-state index contributed by atoms with van der Waals surface area (Å²) in [6.45, 7) is 3.21. The van der Waals surface area contributed by atoms with Crippen molar-refractivity contribution in [1.82, 2.24) is 10.3 Å². The summed E-state index contributed by atoms with van der Waals surface area (Å²) in [5.41, 5.74) is 6.64. The second kappa shape index (κ2) is 5.11. The molecule has 3 N–H and O–H groups in total. The lowest BCUT2D eigenvalue weighted by molar-refractivity contribution is 0.100. The fourth-order valence-electron chi connectivity index (χ4n) is 1.40. The summed E-state index contributed by atoms with van der Waals surface area (Å²) in [6.07, 6.45) is 1.43. The van der Waals surface area contributed by atoms with E-state index < -0.39 is 0 Å². The van der Waals surface area contributed by atoms with Crippen LogP contribution >= 0.6 is 11.3 Å². The highest BCUT2D eigenvalue weighted by molar-refractivity contribution is 7.10. The van der Waals surface area contributed by atoms with Gasteiger partial charge in [0.25, 0.3) is 0 Å². The summed E-state index contributed by atoms with van der Waals surface area (Å²) in [4.78, 5) is 16.1. The Morgan fingerprint density at radius 3 is 3.00 bits per heavy atom. The zero-order chi connectivity index (χ0) is 12.3. The van der Waals surface area contributed by atoms with Gasteiger partial charge in [0.15, 0.2) is 6.39 Å². The predicted molar refractivity (Wildman–Crippen MR) is 64.6 cm³/mol. The Kier molecular flexibility index (Phi) is 3.55. The number of carbonyl (C=O) groups is 1. The van der Waals surface area contributed by atoms with Crippen LogP contribution in [0.1, 0.15) is 26.7 Å². The first-order chi connectivity index (χ1) is 8.16. The molecular weight excluding hydrogens is 238 g/mol. The van der Waals surface area contributed by atoms with E-state index in [1.54, 1.807) is 11.4 Å². The van der Waals surface area contributed by atoms with Crippen molar-refractivity contribution in [2.75, 3.05) is 0 Å². The van der Waals surface area contributed by atoms with Crippen LogP contribution in [-0.4, -0.2) is 10.9 Å². The summed E-state index contributed by atoms with van der Waals surface area (Å²) in [7, 11) is 0. The van der Waals surface area contributed by atoms with E-state index in [1.807, 2.05) is 6.92 Å². The van der Waals surface area contributed by atoms with E-state index in [-0.39, 0.29) is 5.91 Å². The van der Waals surface area contributed by atoms with Gasteiger partial charge < -0.3 is 15.5 Å². The molecule has 0 aliphatic rings. The molecule has 2 rings (SSSR count). The zero-order valence-corrected chi connectivity index (χ0v) is 10.2. The molecule has 0 atom stereocenters. The molecule has 0 spiro atoms. The lowest BCUT2D eigenvalue weighted by Gasteiger charge is -2.00. The van der Waals surface area contributed by atoms with E-state index >= 15 is 0 Å².